The summed E-state index contributed by atoms with van der Waals surface area (Å²) in [5.41, 5.74) is 0. The fourth-order valence-electron chi connectivity index (χ4n) is 0. The van der Waals surface area contributed by atoms with Crippen molar-refractivity contribution in [2.45, 2.75) is 0 Å². The van der Waals surface area contributed by atoms with E-state index in [2.05, 4.69) is 0 Å². The van der Waals surface area contributed by atoms with Gasteiger partial charge >= 0.3 is 46.1 Å². The van der Waals surface area contributed by atoms with E-state index in [1.54, 1.807) is 0 Å². The molecule has 2 N–H and O–H groups in total. The minimum Gasteiger partial charge on any atom is -1.00 e. The zero-order valence-electron chi connectivity index (χ0n) is 6.32. The molecular formula is H7FMg2O. The molecule has 0 aromatic carbocycles. The fraction of sp³-hybridized carbons (Fsp3) is 0. The first-order valence-electron chi connectivity index (χ1n) is 0. The van der Waals surface area contributed by atoms with E-state index >= 15 is 0 Å². The Morgan fingerprint density at radius 2 is 1.00 bits per heavy atom. The molecule has 0 fully saturated rings. The minimum atomic E-state index is 0. The Kier molecular flexibility index (Phi) is 335. The second-order valence-corrected chi connectivity index (χ2v) is 0. The number of halogens is 1. The summed E-state index contributed by atoms with van der Waals surface area (Å²) in [6.07, 6.45) is 0. The number of hydrogen-bond acceptors (Lipinski definition) is 0. The predicted octanol–water partition coefficient (Wildman–Crippen LogP) is -0.984. The monoisotopic (exact) mass is 90.0 g/mol. The molecule has 0 heterocycles. The third-order valence-electron chi connectivity index (χ3n) is 0. The van der Waals surface area contributed by atoms with Crippen molar-refractivity contribution in [1.82, 2.24) is 0 Å². The average molecular weight is 90.7 g/mol. The van der Waals surface area contributed by atoms with Crippen LogP contribution in [0.1, 0.15) is 5.71 Å². The fourth-order valence-corrected chi connectivity index (χ4v) is 0. The largest absolute Gasteiger partial charge is 2.00 e. The summed E-state index contributed by atoms with van der Waals surface area (Å²) >= 11 is 0. The van der Waals surface area contributed by atoms with Gasteiger partial charge in [0.15, 0.2) is 0 Å². The maximum atomic E-state index is 0. The van der Waals surface area contributed by atoms with E-state index in [1.165, 1.54) is 0 Å². The van der Waals surface area contributed by atoms with E-state index in [-0.39, 0.29) is 62.0 Å². The Bertz CT molecular complexity index is 14.0. The zero-order chi connectivity index (χ0) is 0. The summed E-state index contributed by atoms with van der Waals surface area (Å²) in [6.45, 7) is 0. The Morgan fingerprint density at radius 1 is 1.00 bits per heavy atom. The third kappa shape index (κ3) is 9.93. The molecule has 0 aliphatic carbocycles. The van der Waals surface area contributed by atoms with Crippen molar-refractivity contribution in [2.75, 3.05) is 0 Å². The van der Waals surface area contributed by atoms with Crippen molar-refractivity contribution in [2.24, 2.45) is 0 Å². The van der Waals surface area contributed by atoms with Gasteiger partial charge in [-0.25, -0.2) is 0 Å². The third-order valence-corrected chi connectivity index (χ3v) is 0. The van der Waals surface area contributed by atoms with E-state index in [4.69, 9.17) is 0 Å². The van der Waals surface area contributed by atoms with Crippen LogP contribution in [-0.2, 0) is 0 Å². The summed E-state index contributed by atoms with van der Waals surface area (Å²) < 4.78 is 0. The molecule has 0 aromatic heterocycles. The smallest absolute Gasteiger partial charge is 1.00 e. The maximum absolute atomic E-state index is 0. The molecule has 0 radical (unpaired) electrons. The van der Waals surface area contributed by atoms with Crippen LogP contribution in [0.15, 0.2) is 0 Å². The minimum absolute atomic E-state index is 0. The standard InChI is InChI=1S/FH.2Mg.H2O.4H/h1H;;;1H2;;;;/q;2*+2;;4*-1. The van der Waals surface area contributed by atoms with Gasteiger partial charge < -0.3 is 11.2 Å². The molecule has 24 valence electrons. The first-order chi connectivity index (χ1) is 0. The first kappa shape index (κ1) is 52.4. The molecule has 0 saturated carbocycles. The van der Waals surface area contributed by atoms with Gasteiger partial charge in [-0.3, -0.25) is 4.70 Å². The van der Waals surface area contributed by atoms with Crippen molar-refractivity contribution in [3.63, 3.8) is 0 Å². The molecule has 0 spiro atoms. The molecule has 1 nitrogen and oxygen atoms in total. The molecule has 0 unspecified atom stereocenters. The van der Waals surface area contributed by atoms with Gasteiger partial charge in [-0.2, -0.15) is 0 Å². The van der Waals surface area contributed by atoms with Crippen LogP contribution in [0.2, 0.25) is 0 Å². The van der Waals surface area contributed by atoms with Gasteiger partial charge in [0.2, 0.25) is 0 Å². The second kappa shape index (κ2) is 25.6. The van der Waals surface area contributed by atoms with Gasteiger partial charge in [0, 0.05) is 0 Å². The average Bonchev–Trinajstić information content (AvgIpc) is 0. The van der Waals surface area contributed by atoms with Gasteiger partial charge in [0.05, 0.1) is 0 Å². The van der Waals surface area contributed by atoms with Crippen LogP contribution in [0.4, 0.5) is 4.70 Å². The van der Waals surface area contributed by atoms with E-state index in [1.807, 2.05) is 0 Å². The molecule has 0 atom stereocenters. The van der Waals surface area contributed by atoms with Crippen molar-refractivity contribution in [1.29, 1.82) is 0 Å². The van der Waals surface area contributed by atoms with Gasteiger partial charge in [0.25, 0.3) is 0 Å². The molecule has 0 aromatic rings. The second-order valence-electron chi connectivity index (χ2n) is 0. The summed E-state index contributed by atoms with van der Waals surface area (Å²) in [6, 6.07) is 0. The summed E-state index contributed by atoms with van der Waals surface area (Å²) in [4.78, 5) is 0. The maximum Gasteiger partial charge on any atom is 2.00 e. The van der Waals surface area contributed by atoms with Crippen LogP contribution in [0.25, 0.3) is 0 Å². The Balaban J connectivity index is 0. The molecule has 0 rings (SSSR count). The van der Waals surface area contributed by atoms with Gasteiger partial charge in [-0.05, 0) is 0 Å². The van der Waals surface area contributed by atoms with Gasteiger partial charge in [-0.15, -0.1) is 0 Å². The van der Waals surface area contributed by atoms with Crippen molar-refractivity contribution in [3.8, 4) is 0 Å². The predicted molar refractivity (Wildman–Crippen MR) is 22.1 cm³/mol. The number of rotatable bonds is 0. The summed E-state index contributed by atoms with van der Waals surface area (Å²) in [7, 11) is 0. The van der Waals surface area contributed by atoms with E-state index in [0.29, 0.717) is 0 Å². The van der Waals surface area contributed by atoms with Gasteiger partial charge in [-0.1, -0.05) is 0 Å². The van der Waals surface area contributed by atoms with E-state index in [0.717, 1.165) is 0 Å². The van der Waals surface area contributed by atoms with Crippen LogP contribution >= 0.6 is 0 Å². The molecule has 4 heavy (non-hydrogen) atoms. The molecular weight excluding hydrogens is 83.6 g/mol. The van der Waals surface area contributed by atoms with Crippen molar-refractivity contribution >= 4 is 46.1 Å². The van der Waals surface area contributed by atoms with Crippen LogP contribution in [0, 0.1) is 0 Å². The van der Waals surface area contributed by atoms with Crippen LogP contribution in [-0.4, -0.2) is 51.6 Å². The Labute approximate surface area is 62.1 Å². The normalized spacial score (nSPS) is 0. The Morgan fingerprint density at radius 3 is 1.00 bits per heavy atom. The summed E-state index contributed by atoms with van der Waals surface area (Å²) in [5.74, 6) is 0. The van der Waals surface area contributed by atoms with Crippen LogP contribution in [0.3, 0.4) is 0 Å². The van der Waals surface area contributed by atoms with Gasteiger partial charge in [0.1, 0.15) is 0 Å². The molecule has 0 aliphatic rings. The molecule has 0 saturated heterocycles. The SMILES string of the molecule is F.O.[H-].[H-].[H-].[H-].[Mg+2].[Mg+2]. The number of hydrogen-bond donors (Lipinski definition) is 0. The summed E-state index contributed by atoms with van der Waals surface area (Å²) in [5, 5.41) is 0. The molecule has 0 bridgehead atoms. The van der Waals surface area contributed by atoms with Crippen molar-refractivity contribution < 1.29 is 15.9 Å². The van der Waals surface area contributed by atoms with Crippen LogP contribution < -0.4 is 0 Å². The molecule has 0 aliphatic heterocycles. The van der Waals surface area contributed by atoms with Crippen LogP contribution in [0.5, 0.6) is 0 Å². The van der Waals surface area contributed by atoms with Crippen molar-refractivity contribution in [3.05, 3.63) is 0 Å². The first-order valence-corrected chi connectivity index (χ1v) is 0. The molecule has 4 heteroatoms. The Hall–Kier alpha value is 1.42. The van der Waals surface area contributed by atoms with E-state index < -0.39 is 0 Å². The quantitative estimate of drug-likeness (QED) is 0.343. The molecule has 0 amide bonds. The topological polar surface area (TPSA) is 31.5 Å². The van der Waals surface area contributed by atoms with E-state index in [9.17, 15) is 0 Å². The zero-order valence-corrected chi connectivity index (χ0v) is 5.15.